The van der Waals surface area contributed by atoms with Crippen LogP contribution in [0.5, 0.6) is 0 Å². The maximum absolute atomic E-state index is 11.9. The van der Waals surface area contributed by atoms with E-state index >= 15 is 0 Å². The van der Waals surface area contributed by atoms with Crippen molar-refractivity contribution in [3.63, 3.8) is 0 Å². The highest BCUT2D eigenvalue weighted by Crippen LogP contribution is 2.39. The van der Waals surface area contributed by atoms with Crippen LogP contribution >= 0.6 is 0 Å². The lowest BCUT2D eigenvalue weighted by molar-refractivity contribution is -0.453. The molecular weight excluding hydrogens is 348 g/mol. The summed E-state index contributed by atoms with van der Waals surface area (Å²) < 4.78 is 5.26. The maximum atomic E-state index is 11.9. The molecule has 0 N–H and O–H groups in total. The normalized spacial score (nSPS) is 22.0. The molecule has 1 fully saturated rings. The van der Waals surface area contributed by atoms with Crippen LogP contribution in [0.25, 0.3) is 0 Å². The number of benzene rings is 1. The smallest absolute Gasteiger partial charge is 0.429 e. The molecule has 1 aromatic carbocycles. The van der Waals surface area contributed by atoms with Gasteiger partial charge in [-0.15, -0.1) is 0 Å². The van der Waals surface area contributed by atoms with E-state index in [1.54, 1.807) is 12.1 Å². The van der Waals surface area contributed by atoms with Gasteiger partial charge in [-0.25, -0.2) is 14.5 Å². The molecule has 1 aromatic rings. The molecule has 6 nitrogen and oxygen atoms in total. The van der Waals surface area contributed by atoms with E-state index in [0.717, 1.165) is 24.8 Å². The second kappa shape index (κ2) is 8.30. The van der Waals surface area contributed by atoms with Gasteiger partial charge in [0.2, 0.25) is 0 Å². The summed E-state index contributed by atoms with van der Waals surface area (Å²) in [5, 5.41) is 4.31. The fourth-order valence-corrected chi connectivity index (χ4v) is 3.73. The van der Waals surface area contributed by atoms with E-state index in [4.69, 9.17) is 4.74 Å². The molecule has 0 saturated heterocycles. The van der Waals surface area contributed by atoms with Crippen LogP contribution in [-0.4, -0.2) is 18.2 Å². The monoisotopic (exact) mass is 378 g/mol. The zero-order valence-electron chi connectivity index (χ0n) is 17.0. The van der Waals surface area contributed by atoms with Crippen molar-refractivity contribution in [3.05, 3.63) is 35.4 Å². The van der Waals surface area contributed by atoms with Gasteiger partial charge in [-0.2, -0.15) is 0 Å². The molecule has 2 unspecified atom stereocenters. The van der Waals surface area contributed by atoms with Crippen LogP contribution in [0.3, 0.4) is 0 Å². The molecule has 1 aliphatic carbocycles. The summed E-state index contributed by atoms with van der Waals surface area (Å²) in [5.74, 6) is -0.294. The Morgan fingerprint density at radius 2 is 1.67 bits per heavy atom. The largest absolute Gasteiger partial charge is 0.543 e. The standard InChI is InChI=1S/C21H30O6/c1-14-11-17(13-21(5,6)12-14)24-19(23)26-27-25-18(22)15-7-9-16(10-8-15)20(2,3)4/h7-10,14,17H,11-13H2,1-6H3. The SMILES string of the molecule is CC1CC(OC(=O)OOOC(=O)c2ccc(C(C)(C)C)cc2)CC(C)(C)C1. The topological polar surface area (TPSA) is 71.1 Å². The third-order valence-electron chi connectivity index (χ3n) is 4.81. The summed E-state index contributed by atoms with van der Waals surface area (Å²) >= 11 is 0. The molecule has 27 heavy (non-hydrogen) atoms. The minimum atomic E-state index is -1.01. The number of carbonyl (C=O) groups is 2. The van der Waals surface area contributed by atoms with Gasteiger partial charge in [-0.05, 0) is 53.7 Å². The maximum Gasteiger partial charge on any atom is 0.543 e. The van der Waals surface area contributed by atoms with Gasteiger partial charge < -0.3 is 4.74 Å². The van der Waals surface area contributed by atoms with Crippen molar-refractivity contribution in [1.29, 1.82) is 0 Å². The number of rotatable bonds is 4. The molecule has 1 aliphatic rings. The molecule has 0 aliphatic heterocycles. The first-order chi connectivity index (χ1) is 12.5. The molecule has 150 valence electrons. The highest BCUT2D eigenvalue weighted by molar-refractivity contribution is 5.88. The lowest BCUT2D eigenvalue weighted by Gasteiger charge is -2.37. The number of carbonyl (C=O) groups excluding carboxylic acids is 2. The fraction of sp³-hybridized carbons (Fsp3) is 0.619. The van der Waals surface area contributed by atoms with Gasteiger partial charge in [-0.3, -0.25) is 4.89 Å². The first-order valence-electron chi connectivity index (χ1n) is 9.33. The van der Waals surface area contributed by atoms with Crippen LogP contribution < -0.4 is 0 Å². The molecule has 0 heterocycles. The lowest BCUT2D eigenvalue weighted by Crippen LogP contribution is -2.34. The van der Waals surface area contributed by atoms with Gasteiger partial charge >= 0.3 is 12.1 Å². The van der Waals surface area contributed by atoms with Gasteiger partial charge in [0.1, 0.15) is 6.10 Å². The van der Waals surface area contributed by atoms with Crippen molar-refractivity contribution in [1.82, 2.24) is 0 Å². The van der Waals surface area contributed by atoms with Crippen LogP contribution in [0, 0.1) is 11.3 Å². The van der Waals surface area contributed by atoms with Crippen LogP contribution in [-0.2, 0) is 25.0 Å². The minimum absolute atomic E-state index is 0.0169. The van der Waals surface area contributed by atoms with Gasteiger partial charge in [0.05, 0.1) is 10.6 Å². The lowest BCUT2D eigenvalue weighted by atomic mass is 9.71. The van der Waals surface area contributed by atoms with E-state index in [1.165, 1.54) is 0 Å². The second-order valence-corrected chi connectivity index (χ2v) is 9.25. The number of hydrogen-bond acceptors (Lipinski definition) is 6. The van der Waals surface area contributed by atoms with E-state index < -0.39 is 12.1 Å². The van der Waals surface area contributed by atoms with Crippen LogP contribution in [0.4, 0.5) is 4.79 Å². The first-order valence-corrected chi connectivity index (χ1v) is 9.33. The Bertz CT molecular complexity index is 656. The van der Waals surface area contributed by atoms with E-state index in [0.29, 0.717) is 11.5 Å². The summed E-state index contributed by atoms with van der Waals surface area (Å²) in [6.07, 6.45) is 1.37. The Morgan fingerprint density at radius 1 is 1.04 bits per heavy atom. The molecular formula is C21H30O6. The van der Waals surface area contributed by atoms with Gasteiger partial charge in [0, 0.05) is 0 Å². The van der Waals surface area contributed by atoms with Gasteiger partial charge in [0.25, 0.3) is 0 Å². The van der Waals surface area contributed by atoms with Crippen LogP contribution in [0.2, 0.25) is 0 Å². The summed E-state index contributed by atoms with van der Waals surface area (Å²) in [6, 6.07) is 6.96. The Morgan fingerprint density at radius 3 is 2.22 bits per heavy atom. The van der Waals surface area contributed by atoms with Crippen LogP contribution in [0.15, 0.2) is 24.3 Å². The van der Waals surface area contributed by atoms with Crippen molar-refractivity contribution in [2.24, 2.45) is 11.3 Å². The molecule has 0 radical (unpaired) electrons. The zero-order valence-corrected chi connectivity index (χ0v) is 17.0. The second-order valence-electron chi connectivity index (χ2n) is 9.25. The Kier molecular flexibility index (Phi) is 6.52. The first kappa shape index (κ1) is 21.2. The van der Waals surface area contributed by atoms with Gasteiger partial charge in [-0.1, -0.05) is 53.7 Å². The third-order valence-corrected chi connectivity index (χ3v) is 4.81. The zero-order chi connectivity index (χ0) is 20.2. The quantitative estimate of drug-likeness (QED) is 0.399. The van der Waals surface area contributed by atoms with Crippen molar-refractivity contribution in [3.8, 4) is 0 Å². The number of hydrogen-bond donors (Lipinski definition) is 0. The summed E-state index contributed by atoms with van der Waals surface area (Å²) in [4.78, 5) is 32.6. The molecule has 0 spiro atoms. The molecule has 2 rings (SSSR count). The molecule has 6 heteroatoms. The average Bonchev–Trinajstić information content (AvgIpc) is 2.52. The Labute approximate surface area is 161 Å². The predicted molar refractivity (Wildman–Crippen MR) is 99.8 cm³/mol. The summed E-state index contributed by atoms with van der Waals surface area (Å²) in [6.45, 7) is 12.7. The molecule has 0 bridgehead atoms. The molecule has 0 aromatic heterocycles. The van der Waals surface area contributed by atoms with E-state index in [1.807, 2.05) is 12.1 Å². The summed E-state index contributed by atoms with van der Waals surface area (Å²) in [5.41, 5.74) is 1.47. The van der Waals surface area contributed by atoms with Crippen molar-refractivity contribution in [2.75, 3.05) is 0 Å². The van der Waals surface area contributed by atoms with E-state index in [-0.39, 0.29) is 16.9 Å². The van der Waals surface area contributed by atoms with Crippen LogP contribution in [0.1, 0.15) is 76.7 Å². The molecule has 1 saturated carbocycles. The predicted octanol–water partition coefficient (Wildman–Crippen LogP) is 5.36. The Hall–Kier alpha value is -2.08. The number of ether oxygens (including phenoxy) is 1. The highest BCUT2D eigenvalue weighted by Gasteiger charge is 2.34. The summed E-state index contributed by atoms with van der Waals surface area (Å²) in [7, 11) is 0. The molecule has 0 amide bonds. The highest BCUT2D eigenvalue weighted by atomic mass is 17.5. The third kappa shape index (κ3) is 6.54. The molecule has 2 atom stereocenters. The fourth-order valence-electron chi connectivity index (χ4n) is 3.73. The van der Waals surface area contributed by atoms with Crippen molar-refractivity contribution >= 4 is 12.1 Å². The average molecular weight is 378 g/mol. The van der Waals surface area contributed by atoms with Crippen molar-refractivity contribution < 1.29 is 29.1 Å². The Balaban J connectivity index is 1.77. The van der Waals surface area contributed by atoms with E-state index in [2.05, 4.69) is 56.4 Å². The minimum Gasteiger partial charge on any atom is -0.429 e. The van der Waals surface area contributed by atoms with Gasteiger partial charge in [0.15, 0.2) is 0 Å². The van der Waals surface area contributed by atoms with Crippen molar-refractivity contribution in [2.45, 2.75) is 72.3 Å². The van der Waals surface area contributed by atoms with E-state index in [9.17, 15) is 9.59 Å².